The van der Waals surface area contributed by atoms with E-state index < -0.39 is 5.97 Å². The van der Waals surface area contributed by atoms with Crippen molar-refractivity contribution in [3.63, 3.8) is 0 Å². The largest absolute Gasteiger partial charge is 0.480 e. The van der Waals surface area contributed by atoms with Crippen LogP contribution in [0.3, 0.4) is 0 Å². The zero-order valence-corrected chi connectivity index (χ0v) is 9.58. The minimum Gasteiger partial charge on any atom is -0.480 e. The van der Waals surface area contributed by atoms with Crippen LogP contribution in [0.25, 0.3) is 0 Å². The van der Waals surface area contributed by atoms with Crippen LogP contribution in [0.5, 0.6) is 0 Å². The van der Waals surface area contributed by atoms with Crippen molar-refractivity contribution in [1.29, 1.82) is 0 Å². The highest BCUT2D eigenvalue weighted by Gasteiger charge is 2.09. The average Bonchev–Trinajstić information content (AvgIpc) is 2.18. The molecule has 0 saturated carbocycles. The van der Waals surface area contributed by atoms with Gasteiger partial charge in [0.25, 0.3) is 0 Å². The van der Waals surface area contributed by atoms with Gasteiger partial charge >= 0.3 is 5.97 Å². The highest BCUT2D eigenvalue weighted by atomic mass is 35.5. The molecule has 3 nitrogen and oxygen atoms in total. The first-order valence-electron chi connectivity index (χ1n) is 4.77. The third kappa shape index (κ3) is 3.13. The van der Waals surface area contributed by atoms with E-state index in [0.29, 0.717) is 11.6 Å². The van der Waals surface area contributed by atoms with Gasteiger partial charge < -0.3 is 10.0 Å². The van der Waals surface area contributed by atoms with Crippen molar-refractivity contribution in [3.05, 3.63) is 28.8 Å². The van der Waals surface area contributed by atoms with E-state index in [0.717, 1.165) is 11.3 Å². The number of aryl methyl sites for hydroxylation is 1. The average molecular weight is 228 g/mol. The predicted octanol–water partition coefficient (Wildman–Crippen LogP) is 2.56. The highest BCUT2D eigenvalue weighted by molar-refractivity contribution is 6.31. The number of carbonyl (C=O) groups is 1. The summed E-state index contributed by atoms with van der Waals surface area (Å²) in [5.74, 6) is -0.839. The predicted molar refractivity (Wildman–Crippen MR) is 61.7 cm³/mol. The minimum absolute atomic E-state index is 0.00408. The zero-order chi connectivity index (χ0) is 11.4. The van der Waals surface area contributed by atoms with E-state index in [1.165, 1.54) is 0 Å². The Kier molecular flexibility index (Phi) is 3.97. The summed E-state index contributed by atoms with van der Waals surface area (Å²) in [7, 11) is 0. The topological polar surface area (TPSA) is 40.5 Å². The standard InChI is InChI=1S/C11H14ClNO2/c1-3-13(7-11(14)15)9-5-4-8(2)10(12)6-9/h4-6H,3,7H2,1-2H3,(H,14,15). The lowest BCUT2D eigenvalue weighted by atomic mass is 10.2. The van der Waals surface area contributed by atoms with Gasteiger partial charge in [0.05, 0.1) is 0 Å². The molecule has 0 aliphatic carbocycles. The van der Waals surface area contributed by atoms with Gasteiger partial charge in [-0.15, -0.1) is 0 Å². The molecule has 15 heavy (non-hydrogen) atoms. The van der Waals surface area contributed by atoms with Crippen LogP contribution in [0.2, 0.25) is 5.02 Å². The van der Waals surface area contributed by atoms with Crippen LogP contribution in [0.4, 0.5) is 5.69 Å². The van der Waals surface area contributed by atoms with Crippen molar-refractivity contribution in [2.75, 3.05) is 18.0 Å². The molecule has 4 heteroatoms. The summed E-state index contributed by atoms with van der Waals surface area (Å²) in [6, 6.07) is 5.57. The summed E-state index contributed by atoms with van der Waals surface area (Å²) in [4.78, 5) is 12.4. The quantitative estimate of drug-likeness (QED) is 0.860. The lowest BCUT2D eigenvalue weighted by molar-refractivity contribution is -0.135. The summed E-state index contributed by atoms with van der Waals surface area (Å²) >= 11 is 5.98. The number of anilines is 1. The van der Waals surface area contributed by atoms with E-state index in [-0.39, 0.29) is 6.54 Å². The number of hydrogen-bond donors (Lipinski definition) is 1. The number of nitrogens with zero attached hydrogens (tertiary/aromatic N) is 1. The molecule has 0 aromatic heterocycles. The van der Waals surface area contributed by atoms with Gasteiger partial charge in [-0.05, 0) is 31.5 Å². The second-order valence-electron chi connectivity index (χ2n) is 3.34. The molecule has 0 aliphatic heterocycles. The summed E-state index contributed by atoms with van der Waals surface area (Å²) in [6.07, 6.45) is 0. The molecule has 0 bridgehead atoms. The second kappa shape index (κ2) is 5.03. The molecule has 1 aromatic carbocycles. The lowest BCUT2D eigenvalue weighted by Crippen LogP contribution is -2.29. The maximum atomic E-state index is 10.6. The van der Waals surface area contributed by atoms with Gasteiger partial charge in [0.1, 0.15) is 6.54 Å². The van der Waals surface area contributed by atoms with Crippen molar-refractivity contribution in [2.24, 2.45) is 0 Å². The molecule has 0 spiro atoms. The van der Waals surface area contributed by atoms with E-state index in [4.69, 9.17) is 16.7 Å². The Bertz CT molecular complexity index is 366. The maximum Gasteiger partial charge on any atom is 0.323 e. The van der Waals surface area contributed by atoms with Crippen molar-refractivity contribution >= 4 is 23.3 Å². The molecule has 1 rings (SSSR count). The summed E-state index contributed by atoms with van der Waals surface area (Å²) in [5.41, 5.74) is 1.84. The number of carboxylic acid groups (broad SMARTS) is 1. The second-order valence-corrected chi connectivity index (χ2v) is 3.75. The fraction of sp³-hybridized carbons (Fsp3) is 0.364. The smallest absolute Gasteiger partial charge is 0.323 e. The fourth-order valence-electron chi connectivity index (χ4n) is 1.33. The molecule has 0 heterocycles. The molecule has 0 aliphatic rings. The molecule has 0 unspecified atom stereocenters. The van der Waals surface area contributed by atoms with E-state index in [1.54, 1.807) is 11.0 Å². The van der Waals surface area contributed by atoms with Crippen molar-refractivity contribution < 1.29 is 9.90 Å². The zero-order valence-electron chi connectivity index (χ0n) is 8.83. The van der Waals surface area contributed by atoms with Gasteiger partial charge in [-0.25, -0.2) is 0 Å². The minimum atomic E-state index is -0.839. The Morgan fingerprint density at radius 1 is 1.53 bits per heavy atom. The van der Waals surface area contributed by atoms with Crippen LogP contribution in [0.15, 0.2) is 18.2 Å². The number of halogens is 1. The fourth-order valence-corrected chi connectivity index (χ4v) is 1.50. The Hall–Kier alpha value is -1.22. The van der Waals surface area contributed by atoms with Crippen LogP contribution in [0, 0.1) is 6.92 Å². The van der Waals surface area contributed by atoms with E-state index in [2.05, 4.69) is 0 Å². The number of carboxylic acids is 1. The van der Waals surface area contributed by atoms with Gasteiger partial charge in [-0.2, -0.15) is 0 Å². The molecule has 0 saturated heterocycles. The monoisotopic (exact) mass is 227 g/mol. The van der Waals surface area contributed by atoms with E-state index in [9.17, 15) is 4.79 Å². The Morgan fingerprint density at radius 3 is 2.67 bits per heavy atom. The van der Waals surface area contributed by atoms with Crippen molar-refractivity contribution in [1.82, 2.24) is 0 Å². The lowest BCUT2D eigenvalue weighted by Gasteiger charge is -2.21. The van der Waals surface area contributed by atoms with Crippen molar-refractivity contribution in [2.45, 2.75) is 13.8 Å². The Labute approximate surface area is 94.3 Å². The number of aliphatic carboxylic acids is 1. The van der Waals surface area contributed by atoms with Gasteiger partial charge in [-0.3, -0.25) is 4.79 Å². The van der Waals surface area contributed by atoms with Crippen LogP contribution >= 0.6 is 11.6 Å². The van der Waals surface area contributed by atoms with Crippen molar-refractivity contribution in [3.8, 4) is 0 Å². The van der Waals surface area contributed by atoms with E-state index in [1.807, 2.05) is 26.0 Å². The summed E-state index contributed by atoms with van der Waals surface area (Å²) in [6.45, 7) is 4.47. The number of rotatable bonds is 4. The molecule has 0 fully saturated rings. The Balaban J connectivity index is 2.92. The van der Waals surface area contributed by atoms with Crippen LogP contribution < -0.4 is 4.90 Å². The molecular formula is C11H14ClNO2. The molecule has 0 radical (unpaired) electrons. The molecular weight excluding hydrogens is 214 g/mol. The summed E-state index contributed by atoms with van der Waals surface area (Å²) < 4.78 is 0. The molecule has 82 valence electrons. The number of likely N-dealkylation sites (N-methyl/N-ethyl adjacent to an activating group) is 1. The van der Waals surface area contributed by atoms with Gasteiger partial charge in [0, 0.05) is 17.3 Å². The molecule has 0 atom stereocenters. The van der Waals surface area contributed by atoms with E-state index >= 15 is 0 Å². The van der Waals surface area contributed by atoms with Crippen LogP contribution in [0.1, 0.15) is 12.5 Å². The summed E-state index contributed by atoms with van der Waals surface area (Å²) in [5, 5.41) is 9.39. The third-order valence-electron chi connectivity index (χ3n) is 2.23. The number of hydrogen-bond acceptors (Lipinski definition) is 2. The normalized spacial score (nSPS) is 10.1. The molecule has 0 amide bonds. The number of benzene rings is 1. The third-order valence-corrected chi connectivity index (χ3v) is 2.64. The highest BCUT2D eigenvalue weighted by Crippen LogP contribution is 2.22. The van der Waals surface area contributed by atoms with Crippen LogP contribution in [-0.2, 0) is 4.79 Å². The van der Waals surface area contributed by atoms with Crippen LogP contribution in [-0.4, -0.2) is 24.2 Å². The SMILES string of the molecule is CCN(CC(=O)O)c1ccc(C)c(Cl)c1. The maximum absolute atomic E-state index is 10.6. The van der Waals surface area contributed by atoms with Gasteiger partial charge in [-0.1, -0.05) is 17.7 Å². The first-order valence-corrected chi connectivity index (χ1v) is 5.15. The first kappa shape index (κ1) is 11.9. The molecule has 1 N–H and O–H groups in total. The van der Waals surface area contributed by atoms with Gasteiger partial charge in [0.15, 0.2) is 0 Å². The Morgan fingerprint density at radius 2 is 2.20 bits per heavy atom. The molecule has 1 aromatic rings. The first-order chi connectivity index (χ1) is 7.04. The van der Waals surface area contributed by atoms with Gasteiger partial charge in [0.2, 0.25) is 0 Å².